The molecule has 2 rings (SSSR count). The van der Waals surface area contributed by atoms with E-state index in [1.165, 1.54) is 13.8 Å². The van der Waals surface area contributed by atoms with Gasteiger partial charge in [-0.1, -0.05) is 18.2 Å². The molecule has 126 valence electrons. The van der Waals surface area contributed by atoms with E-state index in [0.29, 0.717) is 11.8 Å². The van der Waals surface area contributed by atoms with Gasteiger partial charge in [0.1, 0.15) is 17.0 Å². The van der Waals surface area contributed by atoms with E-state index in [-0.39, 0.29) is 5.69 Å². The maximum Gasteiger partial charge on any atom is 0.239 e. The first-order valence-electron chi connectivity index (χ1n) is 7.35. The molecule has 0 aliphatic carbocycles. The number of anilines is 2. The maximum atomic E-state index is 13.6. The van der Waals surface area contributed by atoms with Gasteiger partial charge in [-0.15, -0.1) is 0 Å². The molecule has 0 saturated heterocycles. The zero-order valence-electron chi connectivity index (χ0n) is 13.6. The minimum atomic E-state index is -1.46. The minimum Gasteiger partial charge on any atom is -0.325 e. The van der Waals surface area contributed by atoms with Gasteiger partial charge in [-0.05, 0) is 44.5 Å². The second kappa shape index (κ2) is 6.78. The van der Waals surface area contributed by atoms with Gasteiger partial charge in [-0.3, -0.25) is 9.59 Å². The lowest BCUT2D eigenvalue weighted by Gasteiger charge is -2.23. The van der Waals surface area contributed by atoms with Crippen molar-refractivity contribution in [2.24, 2.45) is 5.41 Å². The standard InChI is InChI=1S/C18H18F2N2O2/c1-11-6-4-5-7-14(11)21-16(23)18(2,3)17(24)22-15-9-8-12(19)10-13(15)20/h4-10H,1-3H3,(H,21,23)(H,22,24). The fourth-order valence-electron chi connectivity index (χ4n) is 1.96. The normalized spacial score (nSPS) is 11.0. The van der Waals surface area contributed by atoms with E-state index < -0.39 is 28.9 Å². The summed E-state index contributed by atoms with van der Waals surface area (Å²) in [4.78, 5) is 24.8. The molecule has 0 aromatic heterocycles. The van der Waals surface area contributed by atoms with E-state index in [1.54, 1.807) is 12.1 Å². The van der Waals surface area contributed by atoms with E-state index in [1.807, 2.05) is 19.1 Å². The second-order valence-corrected chi connectivity index (χ2v) is 5.97. The predicted molar refractivity (Wildman–Crippen MR) is 88.6 cm³/mol. The van der Waals surface area contributed by atoms with Gasteiger partial charge < -0.3 is 10.6 Å². The molecule has 2 aromatic carbocycles. The lowest BCUT2D eigenvalue weighted by atomic mass is 9.90. The highest BCUT2D eigenvalue weighted by molar-refractivity contribution is 6.14. The summed E-state index contributed by atoms with van der Waals surface area (Å²) in [5.74, 6) is -2.88. The highest BCUT2D eigenvalue weighted by Crippen LogP contribution is 2.24. The van der Waals surface area contributed by atoms with Crippen LogP contribution in [0.2, 0.25) is 0 Å². The number of carbonyl (C=O) groups excluding carboxylic acids is 2. The van der Waals surface area contributed by atoms with Crippen LogP contribution in [0.3, 0.4) is 0 Å². The molecular formula is C18H18F2N2O2. The molecular weight excluding hydrogens is 314 g/mol. The van der Waals surface area contributed by atoms with Crippen molar-refractivity contribution in [3.8, 4) is 0 Å². The van der Waals surface area contributed by atoms with Gasteiger partial charge in [-0.2, -0.15) is 0 Å². The Balaban J connectivity index is 2.14. The average Bonchev–Trinajstić information content (AvgIpc) is 2.52. The summed E-state index contributed by atoms with van der Waals surface area (Å²) < 4.78 is 26.6. The van der Waals surface area contributed by atoms with Crippen molar-refractivity contribution < 1.29 is 18.4 Å². The number of carbonyl (C=O) groups is 2. The average molecular weight is 332 g/mol. The van der Waals surface area contributed by atoms with E-state index in [4.69, 9.17) is 0 Å². The molecule has 0 atom stereocenters. The van der Waals surface area contributed by atoms with Crippen LogP contribution in [0, 0.1) is 24.0 Å². The number of nitrogens with one attached hydrogen (secondary N) is 2. The highest BCUT2D eigenvalue weighted by Gasteiger charge is 2.36. The first kappa shape index (κ1) is 17.6. The maximum absolute atomic E-state index is 13.6. The van der Waals surface area contributed by atoms with Gasteiger partial charge in [0.25, 0.3) is 0 Å². The van der Waals surface area contributed by atoms with Crippen LogP contribution >= 0.6 is 0 Å². The number of para-hydroxylation sites is 1. The molecule has 0 spiro atoms. The first-order chi connectivity index (χ1) is 11.2. The third kappa shape index (κ3) is 3.76. The summed E-state index contributed by atoms with van der Waals surface area (Å²) in [5, 5.41) is 5.00. The number of halogens is 2. The summed E-state index contributed by atoms with van der Waals surface area (Å²) in [6.45, 7) is 4.69. The van der Waals surface area contributed by atoms with Crippen LogP contribution in [-0.4, -0.2) is 11.8 Å². The SMILES string of the molecule is Cc1ccccc1NC(=O)C(C)(C)C(=O)Nc1ccc(F)cc1F. The molecule has 0 heterocycles. The Labute approximate surface area is 138 Å². The van der Waals surface area contributed by atoms with Crippen LogP contribution < -0.4 is 10.6 Å². The van der Waals surface area contributed by atoms with Crippen molar-refractivity contribution in [2.75, 3.05) is 10.6 Å². The lowest BCUT2D eigenvalue weighted by Crippen LogP contribution is -2.41. The number of aryl methyl sites for hydroxylation is 1. The number of hydrogen-bond acceptors (Lipinski definition) is 2. The minimum absolute atomic E-state index is 0.182. The fourth-order valence-corrected chi connectivity index (χ4v) is 1.96. The van der Waals surface area contributed by atoms with Crippen molar-refractivity contribution in [1.82, 2.24) is 0 Å². The molecule has 0 bridgehead atoms. The Hall–Kier alpha value is -2.76. The van der Waals surface area contributed by atoms with Crippen molar-refractivity contribution in [3.63, 3.8) is 0 Å². The van der Waals surface area contributed by atoms with E-state index in [9.17, 15) is 18.4 Å². The van der Waals surface area contributed by atoms with Crippen LogP contribution in [0.4, 0.5) is 20.2 Å². The van der Waals surface area contributed by atoms with Gasteiger partial charge in [-0.25, -0.2) is 8.78 Å². The van der Waals surface area contributed by atoms with Crippen molar-refractivity contribution in [3.05, 3.63) is 59.7 Å². The van der Waals surface area contributed by atoms with Crippen molar-refractivity contribution >= 4 is 23.2 Å². The summed E-state index contributed by atoms with van der Waals surface area (Å²) in [5.41, 5.74) is -0.190. The van der Waals surface area contributed by atoms with Crippen molar-refractivity contribution in [2.45, 2.75) is 20.8 Å². The van der Waals surface area contributed by atoms with Crippen LogP contribution in [0.15, 0.2) is 42.5 Å². The molecule has 2 N–H and O–H groups in total. The second-order valence-electron chi connectivity index (χ2n) is 5.97. The zero-order valence-corrected chi connectivity index (χ0v) is 13.6. The molecule has 0 fully saturated rings. The Kier molecular flexibility index (Phi) is 4.97. The van der Waals surface area contributed by atoms with Gasteiger partial charge in [0.2, 0.25) is 11.8 Å². The third-order valence-electron chi connectivity index (χ3n) is 3.71. The first-order valence-corrected chi connectivity index (χ1v) is 7.35. The molecule has 2 amide bonds. The Morgan fingerprint density at radius 3 is 2.08 bits per heavy atom. The number of hydrogen-bond donors (Lipinski definition) is 2. The summed E-state index contributed by atoms with van der Waals surface area (Å²) in [7, 11) is 0. The topological polar surface area (TPSA) is 58.2 Å². The van der Waals surface area contributed by atoms with Gasteiger partial charge in [0.05, 0.1) is 5.69 Å². The predicted octanol–water partition coefficient (Wildman–Crippen LogP) is 3.88. The third-order valence-corrected chi connectivity index (χ3v) is 3.71. The molecule has 0 aliphatic rings. The molecule has 6 heteroatoms. The summed E-state index contributed by atoms with van der Waals surface area (Å²) >= 11 is 0. The van der Waals surface area contributed by atoms with Gasteiger partial charge >= 0.3 is 0 Å². The van der Waals surface area contributed by atoms with E-state index in [0.717, 1.165) is 17.7 Å². The largest absolute Gasteiger partial charge is 0.325 e. The molecule has 0 unspecified atom stereocenters. The zero-order chi connectivity index (χ0) is 17.9. The quantitative estimate of drug-likeness (QED) is 0.835. The lowest BCUT2D eigenvalue weighted by molar-refractivity contribution is -0.135. The molecule has 4 nitrogen and oxygen atoms in total. The summed E-state index contributed by atoms with van der Waals surface area (Å²) in [6, 6.07) is 9.95. The molecule has 0 aliphatic heterocycles. The Bertz CT molecular complexity index is 788. The Morgan fingerprint density at radius 2 is 1.50 bits per heavy atom. The number of benzene rings is 2. The number of amides is 2. The monoisotopic (exact) mass is 332 g/mol. The molecule has 24 heavy (non-hydrogen) atoms. The van der Waals surface area contributed by atoms with E-state index in [2.05, 4.69) is 10.6 Å². The van der Waals surface area contributed by atoms with Crippen LogP contribution in [0.1, 0.15) is 19.4 Å². The molecule has 0 radical (unpaired) electrons. The number of rotatable bonds is 4. The molecule has 0 saturated carbocycles. The smallest absolute Gasteiger partial charge is 0.239 e. The van der Waals surface area contributed by atoms with Crippen LogP contribution in [0.5, 0.6) is 0 Å². The van der Waals surface area contributed by atoms with E-state index >= 15 is 0 Å². The van der Waals surface area contributed by atoms with Gasteiger partial charge in [0, 0.05) is 11.8 Å². The molecule has 2 aromatic rings. The Morgan fingerprint density at radius 1 is 0.917 bits per heavy atom. The van der Waals surface area contributed by atoms with Gasteiger partial charge in [0.15, 0.2) is 0 Å². The van der Waals surface area contributed by atoms with Crippen LogP contribution in [0.25, 0.3) is 0 Å². The van der Waals surface area contributed by atoms with Crippen LogP contribution in [-0.2, 0) is 9.59 Å². The van der Waals surface area contributed by atoms with Crippen molar-refractivity contribution in [1.29, 1.82) is 0 Å². The fraction of sp³-hybridized carbons (Fsp3) is 0.222. The highest BCUT2D eigenvalue weighted by atomic mass is 19.1. The summed E-state index contributed by atoms with van der Waals surface area (Å²) in [6.07, 6.45) is 0.